The van der Waals surface area contributed by atoms with Gasteiger partial charge in [-0.05, 0) is 31.0 Å². The summed E-state index contributed by atoms with van der Waals surface area (Å²) >= 11 is 6.61. The number of carboxylic acid groups (broad SMARTS) is 1. The quantitative estimate of drug-likeness (QED) is 0.488. The van der Waals surface area contributed by atoms with Gasteiger partial charge in [-0.1, -0.05) is 53.6 Å². The number of hydrogen-bond donors (Lipinski definition) is 1. The summed E-state index contributed by atoms with van der Waals surface area (Å²) in [5, 5.41) is 16.1. The predicted molar refractivity (Wildman–Crippen MR) is 127 cm³/mol. The number of pyridine rings is 1. The fourth-order valence-electron chi connectivity index (χ4n) is 4.05. The van der Waals surface area contributed by atoms with Crippen LogP contribution in [0.3, 0.4) is 0 Å². The van der Waals surface area contributed by atoms with Gasteiger partial charge < -0.3 is 9.84 Å². The molecule has 1 aromatic heterocycles. The second kappa shape index (κ2) is 9.58. The molecule has 0 saturated heterocycles. The Kier molecular flexibility index (Phi) is 6.60. The maximum atomic E-state index is 13.1. The molecule has 1 aliphatic heterocycles. The standard InChI is InChI=1S/C25H24ClN3O4/c1-15-6-3-7-16(12-15)19-14-20(29(28-19)22(30)10-5-11-23(31)32)18-13-17-8-4-9-21(33-2)24(17)27-25(18)26/h3-4,6-9,12-13,20H,5,10-11,14H2,1-2H3,(H,31,32). The highest BCUT2D eigenvalue weighted by molar-refractivity contribution is 6.30. The molecule has 0 spiro atoms. The van der Waals surface area contributed by atoms with E-state index in [0.29, 0.717) is 23.3 Å². The summed E-state index contributed by atoms with van der Waals surface area (Å²) in [4.78, 5) is 28.5. The van der Waals surface area contributed by atoms with Crippen molar-refractivity contribution in [1.29, 1.82) is 0 Å². The summed E-state index contributed by atoms with van der Waals surface area (Å²) in [6, 6.07) is 15.0. The fraction of sp³-hybridized carbons (Fsp3) is 0.280. The van der Waals surface area contributed by atoms with Crippen LogP contribution in [-0.2, 0) is 9.59 Å². The molecule has 0 aliphatic carbocycles. The Morgan fingerprint density at radius 2 is 1.97 bits per heavy atom. The molecule has 0 radical (unpaired) electrons. The van der Waals surface area contributed by atoms with Gasteiger partial charge in [-0.25, -0.2) is 9.99 Å². The molecule has 1 aliphatic rings. The van der Waals surface area contributed by atoms with Crippen LogP contribution in [0.5, 0.6) is 5.75 Å². The van der Waals surface area contributed by atoms with E-state index in [1.165, 1.54) is 5.01 Å². The molecule has 2 aromatic carbocycles. The van der Waals surface area contributed by atoms with Gasteiger partial charge in [0.15, 0.2) is 0 Å². The molecule has 170 valence electrons. The summed E-state index contributed by atoms with van der Waals surface area (Å²) in [7, 11) is 1.58. The highest BCUT2D eigenvalue weighted by atomic mass is 35.5. The number of carbonyl (C=O) groups is 2. The van der Waals surface area contributed by atoms with Gasteiger partial charge in [0.2, 0.25) is 5.91 Å². The van der Waals surface area contributed by atoms with Crippen LogP contribution < -0.4 is 4.74 Å². The Morgan fingerprint density at radius 1 is 1.18 bits per heavy atom. The minimum atomic E-state index is -0.930. The van der Waals surface area contributed by atoms with Crippen molar-refractivity contribution in [1.82, 2.24) is 9.99 Å². The summed E-state index contributed by atoms with van der Waals surface area (Å²) in [5.41, 5.74) is 4.14. The van der Waals surface area contributed by atoms with E-state index in [2.05, 4.69) is 10.1 Å². The number of rotatable bonds is 7. The third-order valence-corrected chi connectivity index (χ3v) is 5.97. The predicted octanol–water partition coefficient (Wildman–Crippen LogP) is 5.14. The Morgan fingerprint density at radius 3 is 2.70 bits per heavy atom. The lowest BCUT2D eigenvalue weighted by molar-refractivity contribution is -0.137. The third-order valence-electron chi connectivity index (χ3n) is 5.67. The number of hydrogen-bond acceptors (Lipinski definition) is 5. The molecule has 1 N–H and O–H groups in total. The number of carbonyl (C=O) groups excluding carboxylic acids is 1. The van der Waals surface area contributed by atoms with E-state index in [1.54, 1.807) is 7.11 Å². The number of methoxy groups -OCH3 is 1. The van der Waals surface area contributed by atoms with Crippen LogP contribution in [0.2, 0.25) is 5.15 Å². The molecule has 1 unspecified atom stereocenters. The summed E-state index contributed by atoms with van der Waals surface area (Å²) < 4.78 is 5.40. The lowest BCUT2D eigenvalue weighted by Crippen LogP contribution is -2.27. The van der Waals surface area contributed by atoms with Crippen molar-refractivity contribution in [3.05, 3.63) is 70.4 Å². The summed E-state index contributed by atoms with van der Waals surface area (Å²) in [5.74, 6) is -0.558. The summed E-state index contributed by atoms with van der Waals surface area (Å²) in [6.07, 6.45) is 0.731. The minimum absolute atomic E-state index is 0.0726. The number of carboxylic acids is 1. The fourth-order valence-corrected chi connectivity index (χ4v) is 4.32. The number of hydrazone groups is 1. The number of nitrogens with zero attached hydrogens (tertiary/aromatic N) is 3. The molecule has 8 heteroatoms. The Bertz CT molecular complexity index is 1260. The zero-order valence-electron chi connectivity index (χ0n) is 18.4. The molecule has 1 amide bonds. The van der Waals surface area contributed by atoms with Crippen molar-refractivity contribution in [2.75, 3.05) is 7.11 Å². The second-order valence-corrected chi connectivity index (χ2v) is 8.38. The molecule has 7 nitrogen and oxygen atoms in total. The van der Waals surface area contributed by atoms with Gasteiger partial charge in [-0.15, -0.1) is 0 Å². The van der Waals surface area contributed by atoms with Crippen LogP contribution in [-0.4, -0.2) is 39.8 Å². The first-order chi connectivity index (χ1) is 15.9. The molecule has 0 bridgehead atoms. The number of aromatic nitrogens is 1. The number of ether oxygens (including phenoxy) is 1. The average Bonchev–Trinajstić information content (AvgIpc) is 3.23. The number of aliphatic carboxylic acids is 1. The van der Waals surface area contributed by atoms with Crippen LogP contribution in [0.4, 0.5) is 0 Å². The highest BCUT2D eigenvalue weighted by Crippen LogP contribution is 2.38. The maximum Gasteiger partial charge on any atom is 0.303 e. The van der Waals surface area contributed by atoms with E-state index in [4.69, 9.17) is 21.4 Å². The lowest BCUT2D eigenvalue weighted by atomic mass is 9.97. The van der Waals surface area contributed by atoms with Crippen LogP contribution >= 0.6 is 11.6 Å². The van der Waals surface area contributed by atoms with E-state index in [9.17, 15) is 9.59 Å². The van der Waals surface area contributed by atoms with E-state index >= 15 is 0 Å². The molecule has 3 aromatic rings. The average molecular weight is 466 g/mol. The molecule has 2 heterocycles. The SMILES string of the molecule is COc1cccc2cc(C3CC(c4cccc(C)c4)=NN3C(=O)CCCC(=O)O)c(Cl)nc12. The zero-order chi connectivity index (χ0) is 23.5. The number of para-hydroxylation sites is 1. The van der Waals surface area contributed by atoms with Gasteiger partial charge in [-0.2, -0.15) is 5.10 Å². The van der Waals surface area contributed by atoms with E-state index in [1.807, 2.05) is 55.5 Å². The smallest absolute Gasteiger partial charge is 0.303 e. The number of halogens is 1. The van der Waals surface area contributed by atoms with Crippen molar-refractivity contribution in [3.8, 4) is 5.75 Å². The van der Waals surface area contributed by atoms with E-state index in [-0.39, 0.29) is 30.3 Å². The van der Waals surface area contributed by atoms with Crippen LogP contribution in [0.25, 0.3) is 10.9 Å². The maximum absolute atomic E-state index is 13.1. The molecular formula is C25H24ClN3O4. The normalized spacial score (nSPS) is 15.5. The Labute approximate surface area is 196 Å². The molecular weight excluding hydrogens is 442 g/mol. The Balaban J connectivity index is 1.72. The van der Waals surface area contributed by atoms with Crippen molar-refractivity contribution in [2.24, 2.45) is 5.10 Å². The number of benzene rings is 2. The first-order valence-corrected chi connectivity index (χ1v) is 11.1. The topological polar surface area (TPSA) is 92.1 Å². The monoisotopic (exact) mass is 465 g/mol. The first kappa shape index (κ1) is 22.7. The van der Waals surface area contributed by atoms with Crippen molar-refractivity contribution in [2.45, 2.75) is 38.6 Å². The van der Waals surface area contributed by atoms with Crippen LogP contribution in [0, 0.1) is 6.92 Å². The number of fused-ring (bicyclic) bond motifs is 1. The molecule has 33 heavy (non-hydrogen) atoms. The van der Waals surface area contributed by atoms with Crippen molar-refractivity contribution < 1.29 is 19.4 Å². The third kappa shape index (κ3) is 4.83. The van der Waals surface area contributed by atoms with Gasteiger partial charge >= 0.3 is 5.97 Å². The molecule has 1 atom stereocenters. The first-order valence-electron chi connectivity index (χ1n) is 10.7. The van der Waals surface area contributed by atoms with Gasteiger partial charge in [0.1, 0.15) is 16.4 Å². The minimum Gasteiger partial charge on any atom is -0.494 e. The molecule has 0 fully saturated rings. The second-order valence-electron chi connectivity index (χ2n) is 8.02. The lowest BCUT2D eigenvalue weighted by Gasteiger charge is -2.23. The largest absolute Gasteiger partial charge is 0.494 e. The van der Waals surface area contributed by atoms with Crippen LogP contribution in [0.1, 0.15) is 48.4 Å². The molecule has 4 rings (SSSR count). The van der Waals surface area contributed by atoms with Gasteiger partial charge in [0.05, 0.1) is 18.9 Å². The molecule has 0 saturated carbocycles. The Hall–Kier alpha value is -3.45. The zero-order valence-corrected chi connectivity index (χ0v) is 19.2. The summed E-state index contributed by atoms with van der Waals surface area (Å²) in [6.45, 7) is 2.00. The highest BCUT2D eigenvalue weighted by Gasteiger charge is 2.34. The van der Waals surface area contributed by atoms with Gasteiger partial charge in [0.25, 0.3) is 0 Å². The van der Waals surface area contributed by atoms with Crippen LogP contribution in [0.15, 0.2) is 53.6 Å². The number of aryl methyl sites for hydroxylation is 1. The van der Waals surface area contributed by atoms with Crippen molar-refractivity contribution in [3.63, 3.8) is 0 Å². The van der Waals surface area contributed by atoms with Gasteiger partial charge in [-0.3, -0.25) is 9.59 Å². The van der Waals surface area contributed by atoms with Crippen molar-refractivity contribution >= 4 is 40.1 Å². The van der Waals surface area contributed by atoms with E-state index < -0.39 is 12.0 Å². The van der Waals surface area contributed by atoms with E-state index in [0.717, 1.165) is 22.2 Å². The van der Waals surface area contributed by atoms with Gasteiger partial charge in [0, 0.05) is 30.2 Å². The number of amides is 1.